The standard InChI is InChI=1S/C20H17BrN4O4S/c1-29-11-10-25-18(22)16(30(27,28)14-7-5-13(21)6-8-14)12-15-19(25)23-17-4-2-3-9-24(17)20(15)26/h2-9,12,22H,10-11H2,1H3/p+1. The van der Waals surface area contributed by atoms with E-state index in [1.165, 1.54) is 34.3 Å². The number of hydrogen-bond donors (Lipinski definition) is 1. The summed E-state index contributed by atoms with van der Waals surface area (Å²) in [6.45, 7) is 0.500. The molecule has 4 rings (SSSR count). The Labute approximate surface area is 180 Å². The number of methoxy groups -OCH3 is 1. The first-order valence-electron chi connectivity index (χ1n) is 8.97. The molecule has 0 saturated carbocycles. The predicted molar refractivity (Wildman–Crippen MR) is 115 cm³/mol. The second-order valence-electron chi connectivity index (χ2n) is 6.58. The zero-order valence-corrected chi connectivity index (χ0v) is 18.4. The summed E-state index contributed by atoms with van der Waals surface area (Å²) in [5, 5.41) is 0.152. The highest BCUT2D eigenvalue weighted by Crippen LogP contribution is 2.27. The van der Waals surface area contributed by atoms with Gasteiger partial charge in [-0.05, 0) is 42.5 Å². The fourth-order valence-electron chi connectivity index (χ4n) is 3.24. The maximum absolute atomic E-state index is 13.3. The number of pyridine rings is 2. The summed E-state index contributed by atoms with van der Waals surface area (Å²) in [5.74, 6) is -0.00495. The fraction of sp³-hybridized carbons (Fsp3) is 0.150. The molecule has 0 aliphatic carbocycles. The van der Waals surface area contributed by atoms with Gasteiger partial charge in [-0.15, -0.1) is 0 Å². The molecule has 3 aromatic heterocycles. The zero-order chi connectivity index (χ0) is 21.5. The van der Waals surface area contributed by atoms with Gasteiger partial charge in [-0.3, -0.25) is 9.20 Å². The topological polar surface area (TPSA) is 108 Å². The minimum Gasteiger partial charge on any atom is -0.381 e. The number of ether oxygens (including phenoxy) is 1. The monoisotopic (exact) mass is 489 g/mol. The lowest BCUT2D eigenvalue weighted by atomic mass is 10.3. The maximum Gasteiger partial charge on any atom is 0.278 e. The maximum atomic E-state index is 13.3. The molecule has 30 heavy (non-hydrogen) atoms. The van der Waals surface area contributed by atoms with Crippen molar-refractivity contribution < 1.29 is 17.7 Å². The molecule has 8 nitrogen and oxygen atoms in total. The van der Waals surface area contributed by atoms with Crippen LogP contribution in [-0.4, -0.2) is 31.5 Å². The van der Waals surface area contributed by atoms with E-state index in [0.717, 1.165) is 4.47 Å². The van der Waals surface area contributed by atoms with Crippen LogP contribution in [0.4, 0.5) is 5.82 Å². The minimum atomic E-state index is -3.98. The van der Waals surface area contributed by atoms with Gasteiger partial charge < -0.3 is 10.5 Å². The van der Waals surface area contributed by atoms with Crippen molar-refractivity contribution in [2.45, 2.75) is 16.3 Å². The lowest BCUT2D eigenvalue weighted by molar-refractivity contribution is -0.662. The third-order valence-corrected chi connectivity index (χ3v) is 7.08. The Hall–Kier alpha value is -2.82. The zero-order valence-electron chi connectivity index (χ0n) is 15.9. The molecule has 154 valence electrons. The van der Waals surface area contributed by atoms with Gasteiger partial charge in [0.25, 0.3) is 11.2 Å². The van der Waals surface area contributed by atoms with Crippen molar-refractivity contribution in [3.8, 4) is 0 Å². The highest BCUT2D eigenvalue weighted by molar-refractivity contribution is 9.10. The van der Waals surface area contributed by atoms with E-state index < -0.39 is 9.84 Å². The fourth-order valence-corrected chi connectivity index (χ4v) is 4.91. The summed E-state index contributed by atoms with van der Waals surface area (Å²) in [6, 6.07) is 12.7. The molecule has 0 aliphatic heterocycles. The number of nitrogen functional groups attached to an aromatic ring is 1. The number of nitrogens with zero attached hydrogens (tertiary/aromatic N) is 3. The van der Waals surface area contributed by atoms with Crippen LogP contribution < -0.4 is 15.9 Å². The number of hydrogen-bond acceptors (Lipinski definition) is 6. The molecular formula is C20H18BrN4O4S+. The third kappa shape index (κ3) is 3.36. The number of sulfone groups is 1. The van der Waals surface area contributed by atoms with E-state index in [1.807, 2.05) is 0 Å². The first kappa shape index (κ1) is 20.5. The van der Waals surface area contributed by atoms with E-state index in [0.29, 0.717) is 11.3 Å². The van der Waals surface area contributed by atoms with Crippen LogP contribution in [0.2, 0.25) is 0 Å². The third-order valence-electron chi connectivity index (χ3n) is 4.76. The van der Waals surface area contributed by atoms with Crippen LogP contribution in [0, 0.1) is 0 Å². The molecule has 3 heterocycles. The number of anilines is 1. The Kier molecular flexibility index (Phi) is 5.31. The van der Waals surface area contributed by atoms with Crippen LogP contribution in [0.5, 0.6) is 0 Å². The lowest BCUT2D eigenvalue weighted by Gasteiger charge is -2.12. The Morgan fingerprint density at radius 2 is 1.93 bits per heavy atom. The molecule has 0 aliphatic rings. The first-order chi connectivity index (χ1) is 14.3. The van der Waals surface area contributed by atoms with Gasteiger partial charge in [-0.2, -0.15) is 0 Å². The molecule has 10 heteroatoms. The van der Waals surface area contributed by atoms with Gasteiger partial charge >= 0.3 is 0 Å². The van der Waals surface area contributed by atoms with Crippen LogP contribution in [0.15, 0.2) is 73.8 Å². The molecule has 0 saturated heterocycles. The van der Waals surface area contributed by atoms with Crippen molar-refractivity contribution in [3.05, 3.63) is 69.6 Å². The van der Waals surface area contributed by atoms with Gasteiger partial charge in [0.1, 0.15) is 10.3 Å². The predicted octanol–water partition coefficient (Wildman–Crippen LogP) is 1.96. The first-order valence-corrected chi connectivity index (χ1v) is 11.2. The van der Waals surface area contributed by atoms with Gasteiger partial charge in [-0.25, -0.2) is 13.0 Å². The summed E-state index contributed by atoms with van der Waals surface area (Å²) in [4.78, 5) is 17.6. The van der Waals surface area contributed by atoms with Gasteiger partial charge in [-0.1, -0.05) is 27.0 Å². The van der Waals surface area contributed by atoms with Crippen molar-refractivity contribution in [1.82, 2.24) is 9.38 Å². The van der Waals surface area contributed by atoms with E-state index in [-0.39, 0.29) is 39.7 Å². The van der Waals surface area contributed by atoms with Crippen molar-refractivity contribution in [2.75, 3.05) is 19.5 Å². The molecule has 2 N–H and O–H groups in total. The van der Waals surface area contributed by atoms with Gasteiger partial charge in [0.05, 0.1) is 18.0 Å². The Balaban J connectivity index is 2.09. The molecule has 0 amide bonds. The molecule has 0 atom stereocenters. The van der Waals surface area contributed by atoms with E-state index >= 15 is 0 Å². The second-order valence-corrected chi connectivity index (χ2v) is 9.41. The Bertz CT molecular complexity index is 1430. The number of benzene rings is 1. The minimum absolute atomic E-state index is 0.00495. The molecule has 0 unspecified atom stereocenters. The van der Waals surface area contributed by atoms with Gasteiger partial charge in [0.2, 0.25) is 21.3 Å². The molecular weight excluding hydrogens is 472 g/mol. The number of halogens is 1. The van der Waals surface area contributed by atoms with Crippen LogP contribution in [0.3, 0.4) is 0 Å². The van der Waals surface area contributed by atoms with Crippen LogP contribution in [0.25, 0.3) is 16.7 Å². The highest BCUT2D eigenvalue weighted by atomic mass is 79.9. The van der Waals surface area contributed by atoms with Crippen LogP contribution in [-0.2, 0) is 21.1 Å². The summed E-state index contributed by atoms with van der Waals surface area (Å²) < 4.78 is 35.5. The normalized spacial score (nSPS) is 11.9. The highest BCUT2D eigenvalue weighted by Gasteiger charge is 2.29. The quantitative estimate of drug-likeness (QED) is 0.339. The van der Waals surface area contributed by atoms with E-state index in [2.05, 4.69) is 20.9 Å². The molecule has 4 aromatic rings. The number of rotatable bonds is 5. The molecule has 0 spiro atoms. The summed E-state index contributed by atoms with van der Waals surface area (Å²) in [6.07, 6.45) is 1.59. The molecule has 0 radical (unpaired) electrons. The summed E-state index contributed by atoms with van der Waals surface area (Å²) in [7, 11) is -2.45. The van der Waals surface area contributed by atoms with Crippen molar-refractivity contribution >= 4 is 48.3 Å². The average molecular weight is 490 g/mol. The van der Waals surface area contributed by atoms with Gasteiger partial charge in [0, 0.05) is 17.8 Å². The molecule has 0 fully saturated rings. The van der Waals surface area contributed by atoms with Crippen LogP contribution >= 0.6 is 15.9 Å². The number of fused-ring (bicyclic) bond motifs is 2. The number of nitrogens with two attached hydrogens (primary N) is 1. The van der Waals surface area contributed by atoms with Crippen molar-refractivity contribution in [3.63, 3.8) is 0 Å². The van der Waals surface area contributed by atoms with E-state index in [1.54, 1.807) is 36.5 Å². The summed E-state index contributed by atoms with van der Waals surface area (Å²) >= 11 is 3.30. The van der Waals surface area contributed by atoms with Crippen molar-refractivity contribution in [2.24, 2.45) is 0 Å². The molecule has 0 bridgehead atoms. The van der Waals surface area contributed by atoms with Crippen LogP contribution in [0.1, 0.15) is 0 Å². The Morgan fingerprint density at radius 3 is 2.63 bits per heavy atom. The summed E-state index contributed by atoms with van der Waals surface area (Å²) in [5.41, 5.74) is 6.66. The average Bonchev–Trinajstić information content (AvgIpc) is 2.73. The Morgan fingerprint density at radius 1 is 1.20 bits per heavy atom. The van der Waals surface area contributed by atoms with Gasteiger partial charge in [0.15, 0.2) is 0 Å². The largest absolute Gasteiger partial charge is 0.381 e. The second kappa shape index (κ2) is 7.78. The van der Waals surface area contributed by atoms with E-state index in [9.17, 15) is 13.2 Å². The van der Waals surface area contributed by atoms with Crippen molar-refractivity contribution in [1.29, 1.82) is 0 Å². The lowest BCUT2D eigenvalue weighted by Crippen LogP contribution is -2.43. The SMILES string of the molecule is COCC[n+]1c(N)c(S(=O)(=O)c2ccc(Br)cc2)cc2c(=O)n3ccccc3nc21. The molecule has 1 aromatic carbocycles. The smallest absolute Gasteiger partial charge is 0.278 e. The van der Waals surface area contributed by atoms with E-state index in [4.69, 9.17) is 10.5 Å². The number of aromatic nitrogens is 3.